The van der Waals surface area contributed by atoms with E-state index in [-0.39, 0.29) is 17.9 Å². The molecule has 0 atom stereocenters. The van der Waals surface area contributed by atoms with E-state index in [2.05, 4.69) is 36.4 Å². The van der Waals surface area contributed by atoms with Crippen LogP contribution in [0.2, 0.25) is 0 Å². The Hall–Kier alpha value is -3.87. The van der Waals surface area contributed by atoms with E-state index >= 15 is 0 Å². The topological polar surface area (TPSA) is 77.6 Å². The normalized spacial score (nSPS) is 11.0. The fourth-order valence-electron chi connectivity index (χ4n) is 3.63. The lowest BCUT2D eigenvalue weighted by Crippen LogP contribution is -2.27. The number of benzene rings is 2. The molecule has 1 N–H and O–H groups in total. The van der Waals surface area contributed by atoms with Crippen molar-refractivity contribution >= 4 is 11.4 Å². The van der Waals surface area contributed by atoms with E-state index in [0.29, 0.717) is 25.2 Å². The Morgan fingerprint density at radius 2 is 1.82 bits per heavy atom. The second-order valence-corrected chi connectivity index (χ2v) is 8.06. The largest absolute Gasteiger partial charge is 0.494 e. The molecule has 0 saturated heterocycles. The van der Waals surface area contributed by atoms with Crippen LogP contribution in [-0.2, 0) is 17.9 Å². The van der Waals surface area contributed by atoms with E-state index in [4.69, 9.17) is 4.74 Å². The predicted molar refractivity (Wildman–Crippen MR) is 128 cm³/mol. The molecule has 7 heteroatoms. The zero-order valence-electron chi connectivity index (χ0n) is 19.2. The third-order valence-corrected chi connectivity index (χ3v) is 5.71. The number of carbonyl (C=O) groups excluding carboxylic acids is 1. The zero-order chi connectivity index (χ0) is 23.4. The van der Waals surface area contributed by atoms with Crippen molar-refractivity contribution in [1.29, 1.82) is 0 Å². The van der Waals surface area contributed by atoms with Gasteiger partial charge in [-0.1, -0.05) is 24.3 Å². The Morgan fingerprint density at radius 1 is 1.03 bits per heavy atom. The monoisotopic (exact) mass is 444 g/mol. The molecule has 0 saturated carbocycles. The van der Waals surface area contributed by atoms with Crippen molar-refractivity contribution in [1.82, 2.24) is 19.5 Å². The molecule has 0 aliphatic carbocycles. The summed E-state index contributed by atoms with van der Waals surface area (Å²) in [6.07, 6.45) is 3.64. The maximum atomic E-state index is 12.9. The first-order valence-corrected chi connectivity index (χ1v) is 11.1. The first-order chi connectivity index (χ1) is 15.9. The van der Waals surface area contributed by atoms with Gasteiger partial charge < -0.3 is 14.6 Å². The highest BCUT2D eigenvalue weighted by Crippen LogP contribution is 2.21. The zero-order valence-corrected chi connectivity index (χ0v) is 19.2. The van der Waals surface area contributed by atoms with Gasteiger partial charge in [-0.05, 0) is 61.7 Å². The van der Waals surface area contributed by atoms with E-state index in [1.54, 1.807) is 27.5 Å². The smallest absolute Gasteiger partial charge is 0.276 e. The summed E-state index contributed by atoms with van der Waals surface area (Å²) in [4.78, 5) is 25.2. The van der Waals surface area contributed by atoms with Crippen LogP contribution in [0.25, 0.3) is 16.8 Å². The number of nitrogens with zero attached hydrogens (tertiary/aromatic N) is 3. The molecular weight excluding hydrogens is 416 g/mol. The number of aromatic nitrogens is 3. The molecule has 0 bridgehead atoms. The predicted octanol–water partition coefficient (Wildman–Crippen LogP) is 3.89. The number of rotatable bonds is 8. The number of aryl methyl sites for hydroxylation is 3. The van der Waals surface area contributed by atoms with Crippen molar-refractivity contribution in [2.75, 3.05) is 6.61 Å². The van der Waals surface area contributed by atoms with Crippen LogP contribution in [0.1, 0.15) is 30.0 Å². The molecule has 7 nitrogen and oxygen atoms in total. The minimum atomic E-state index is -0.167. The van der Waals surface area contributed by atoms with Crippen molar-refractivity contribution in [3.63, 3.8) is 0 Å². The summed E-state index contributed by atoms with van der Waals surface area (Å²) in [6.45, 7) is 7.41. The molecule has 0 spiro atoms. The second kappa shape index (κ2) is 9.73. The quantitative estimate of drug-likeness (QED) is 0.447. The molecule has 0 aliphatic rings. The highest BCUT2D eigenvalue weighted by molar-refractivity contribution is 5.75. The van der Waals surface area contributed by atoms with Gasteiger partial charge in [-0.2, -0.15) is 5.10 Å². The van der Waals surface area contributed by atoms with Crippen LogP contribution in [0.5, 0.6) is 5.75 Å². The molecule has 170 valence electrons. The molecule has 4 aromatic rings. The van der Waals surface area contributed by atoms with Crippen LogP contribution in [0, 0.1) is 13.8 Å². The van der Waals surface area contributed by atoms with Crippen molar-refractivity contribution in [2.24, 2.45) is 0 Å². The van der Waals surface area contributed by atoms with Crippen LogP contribution in [0.15, 0.2) is 65.7 Å². The molecule has 1 amide bonds. The second-order valence-electron chi connectivity index (χ2n) is 8.06. The lowest BCUT2D eigenvalue weighted by Gasteiger charge is -2.08. The third-order valence-electron chi connectivity index (χ3n) is 5.71. The standard InChI is InChI=1S/C26H28N4O3/c1-4-33-22-9-6-20(7-10-22)17-27-25(31)11-12-29-13-14-30-24(26(29)32)16-23(28-30)21-8-5-18(2)19(3)15-21/h5-10,13-16H,4,11-12,17H2,1-3H3,(H,27,31). The number of amides is 1. The molecule has 0 radical (unpaired) electrons. The van der Waals surface area contributed by atoms with Gasteiger partial charge in [-0.3, -0.25) is 9.59 Å². The highest BCUT2D eigenvalue weighted by atomic mass is 16.5. The summed E-state index contributed by atoms with van der Waals surface area (Å²) >= 11 is 0. The van der Waals surface area contributed by atoms with Crippen molar-refractivity contribution in [3.8, 4) is 17.0 Å². The maximum Gasteiger partial charge on any atom is 0.276 e. The molecule has 0 unspecified atom stereocenters. The molecular formula is C26H28N4O3. The lowest BCUT2D eigenvalue weighted by atomic mass is 10.0. The van der Waals surface area contributed by atoms with Crippen molar-refractivity contribution in [3.05, 3.63) is 88.0 Å². The number of carbonyl (C=O) groups is 1. The van der Waals surface area contributed by atoms with Crippen LogP contribution < -0.4 is 15.6 Å². The summed E-state index contributed by atoms with van der Waals surface area (Å²) in [7, 11) is 0. The molecule has 2 aromatic carbocycles. The number of fused-ring (bicyclic) bond motifs is 1. The fourth-order valence-corrected chi connectivity index (χ4v) is 3.63. The molecule has 2 aromatic heterocycles. The molecule has 0 fully saturated rings. The number of ether oxygens (including phenoxy) is 1. The Kier molecular flexibility index (Phi) is 6.58. The summed E-state index contributed by atoms with van der Waals surface area (Å²) in [5.74, 6) is 0.697. The van der Waals surface area contributed by atoms with Gasteiger partial charge in [0.05, 0.1) is 12.3 Å². The Labute approximate surface area is 192 Å². The Morgan fingerprint density at radius 3 is 2.55 bits per heavy atom. The van der Waals surface area contributed by atoms with Gasteiger partial charge in [-0.25, -0.2) is 4.52 Å². The molecule has 33 heavy (non-hydrogen) atoms. The first kappa shape index (κ1) is 22.3. The van der Waals surface area contributed by atoms with Crippen LogP contribution in [0.4, 0.5) is 0 Å². The average Bonchev–Trinajstić information content (AvgIpc) is 3.25. The Bertz CT molecular complexity index is 1340. The molecule has 4 rings (SSSR count). The van der Waals surface area contributed by atoms with Gasteiger partial charge in [0.1, 0.15) is 11.3 Å². The maximum absolute atomic E-state index is 12.9. The molecule has 2 heterocycles. The lowest BCUT2D eigenvalue weighted by molar-refractivity contribution is -0.121. The summed E-state index contributed by atoms with van der Waals surface area (Å²) in [5, 5.41) is 7.45. The van der Waals surface area contributed by atoms with Gasteiger partial charge in [0, 0.05) is 37.5 Å². The fraction of sp³-hybridized carbons (Fsp3) is 0.269. The van der Waals surface area contributed by atoms with Crippen LogP contribution in [-0.4, -0.2) is 26.7 Å². The third kappa shape index (κ3) is 5.14. The van der Waals surface area contributed by atoms with Gasteiger partial charge >= 0.3 is 0 Å². The number of nitrogens with one attached hydrogen (secondary N) is 1. The van der Waals surface area contributed by atoms with E-state index in [1.807, 2.05) is 37.3 Å². The minimum absolute atomic E-state index is 0.111. The van der Waals surface area contributed by atoms with Gasteiger partial charge in [-0.15, -0.1) is 0 Å². The first-order valence-electron chi connectivity index (χ1n) is 11.1. The summed E-state index contributed by atoms with van der Waals surface area (Å²) in [5.41, 5.74) is 5.43. The van der Waals surface area contributed by atoms with Gasteiger partial charge in [0.15, 0.2) is 0 Å². The van der Waals surface area contributed by atoms with E-state index in [9.17, 15) is 9.59 Å². The van der Waals surface area contributed by atoms with Crippen LogP contribution in [0.3, 0.4) is 0 Å². The highest BCUT2D eigenvalue weighted by Gasteiger charge is 2.11. The number of hydrogen-bond acceptors (Lipinski definition) is 4. The van der Waals surface area contributed by atoms with Crippen molar-refractivity contribution < 1.29 is 9.53 Å². The van der Waals surface area contributed by atoms with E-state index in [0.717, 1.165) is 22.6 Å². The van der Waals surface area contributed by atoms with E-state index in [1.165, 1.54) is 11.1 Å². The van der Waals surface area contributed by atoms with Gasteiger partial charge in [0.2, 0.25) is 5.91 Å². The summed E-state index contributed by atoms with van der Waals surface area (Å²) in [6, 6.07) is 15.6. The summed E-state index contributed by atoms with van der Waals surface area (Å²) < 4.78 is 8.57. The average molecular weight is 445 g/mol. The van der Waals surface area contributed by atoms with E-state index < -0.39 is 0 Å². The Balaban J connectivity index is 1.40. The minimum Gasteiger partial charge on any atom is -0.494 e. The van der Waals surface area contributed by atoms with Crippen LogP contribution >= 0.6 is 0 Å². The van der Waals surface area contributed by atoms with Crippen molar-refractivity contribution in [2.45, 2.75) is 40.3 Å². The SMILES string of the molecule is CCOc1ccc(CNC(=O)CCn2ccn3nc(-c4ccc(C)c(C)c4)cc3c2=O)cc1. The van der Waals surface area contributed by atoms with Gasteiger partial charge in [0.25, 0.3) is 5.56 Å². The number of hydrogen-bond donors (Lipinski definition) is 1. The molecule has 0 aliphatic heterocycles.